The lowest BCUT2D eigenvalue weighted by molar-refractivity contribution is -0.140. The third-order valence-corrected chi connectivity index (χ3v) is 8.14. The van der Waals surface area contributed by atoms with Crippen LogP contribution in [0, 0.1) is 5.92 Å². The molecule has 2 atom stereocenters. The third-order valence-electron chi connectivity index (χ3n) is 5.59. The summed E-state index contributed by atoms with van der Waals surface area (Å²) in [5.41, 5.74) is 2.32. The Balaban J connectivity index is 1.92. The first-order valence-electron chi connectivity index (χ1n) is 10.3. The molecule has 1 saturated heterocycles. The van der Waals surface area contributed by atoms with E-state index in [9.17, 15) is 23.1 Å². The molecule has 9 nitrogen and oxygen atoms in total. The van der Waals surface area contributed by atoms with Crippen LogP contribution in [-0.2, 0) is 26.0 Å². The fourth-order valence-corrected chi connectivity index (χ4v) is 5.90. The van der Waals surface area contributed by atoms with Crippen molar-refractivity contribution in [2.24, 2.45) is 5.92 Å². The molecule has 1 fully saturated rings. The molecule has 3 rings (SSSR count). The highest BCUT2D eigenvalue weighted by atomic mass is 32.2. The highest BCUT2D eigenvalue weighted by Gasteiger charge is 2.37. The Morgan fingerprint density at radius 1 is 1.19 bits per heavy atom. The predicted molar refractivity (Wildman–Crippen MR) is 123 cm³/mol. The van der Waals surface area contributed by atoms with Gasteiger partial charge in [-0.2, -0.15) is 4.31 Å². The molecule has 1 aromatic carbocycles. The van der Waals surface area contributed by atoms with Crippen molar-refractivity contribution in [2.45, 2.75) is 19.4 Å². The summed E-state index contributed by atoms with van der Waals surface area (Å²) in [6.45, 7) is 3.38. The Labute approximate surface area is 192 Å². The number of likely N-dealkylation sites (N-methyl/N-ethyl adjacent to an activating group) is 1. The molecule has 2 aromatic rings. The second kappa shape index (κ2) is 10.5. The molecule has 1 aromatic heterocycles. The smallest absolute Gasteiger partial charge is 0.326 e. The number of benzene rings is 1. The van der Waals surface area contributed by atoms with Gasteiger partial charge in [0.15, 0.2) is 0 Å². The summed E-state index contributed by atoms with van der Waals surface area (Å²) in [4.78, 5) is 32.7. The summed E-state index contributed by atoms with van der Waals surface area (Å²) in [6, 6.07) is 7.96. The number of hydrogen-bond donors (Lipinski definition) is 1. The van der Waals surface area contributed by atoms with Crippen molar-refractivity contribution < 1.29 is 23.1 Å². The average Bonchev–Trinajstić information content (AvgIpc) is 3.28. The zero-order valence-electron chi connectivity index (χ0n) is 18.1. The molecule has 0 aliphatic carbocycles. The quantitative estimate of drug-likeness (QED) is 0.577. The number of aromatic nitrogens is 1. The van der Waals surface area contributed by atoms with Gasteiger partial charge >= 0.3 is 5.97 Å². The van der Waals surface area contributed by atoms with E-state index in [0.29, 0.717) is 26.2 Å². The van der Waals surface area contributed by atoms with Crippen LogP contribution in [-0.4, -0.2) is 84.6 Å². The van der Waals surface area contributed by atoms with E-state index in [1.807, 2.05) is 37.4 Å². The van der Waals surface area contributed by atoms with E-state index in [0.717, 1.165) is 10.5 Å². The van der Waals surface area contributed by atoms with Gasteiger partial charge < -0.3 is 10.0 Å². The highest BCUT2D eigenvalue weighted by molar-refractivity contribution is 7.89. The van der Waals surface area contributed by atoms with Crippen LogP contribution in [0.5, 0.6) is 0 Å². The van der Waals surface area contributed by atoms with E-state index in [2.05, 4.69) is 9.88 Å². The monoisotopic (exact) mass is 480 g/mol. The van der Waals surface area contributed by atoms with Crippen molar-refractivity contribution >= 4 is 39.1 Å². The summed E-state index contributed by atoms with van der Waals surface area (Å²) in [5.74, 6) is -2.88. The Morgan fingerprint density at radius 3 is 2.41 bits per heavy atom. The van der Waals surface area contributed by atoms with Gasteiger partial charge in [0, 0.05) is 31.6 Å². The fraction of sp³-hybridized carbons (Fsp3) is 0.476. The van der Waals surface area contributed by atoms with E-state index in [1.54, 1.807) is 5.38 Å². The van der Waals surface area contributed by atoms with Crippen LogP contribution >= 0.6 is 11.3 Å². The van der Waals surface area contributed by atoms with E-state index < -0.39 is 39.6 Å². The van der Waals surface area contributed by atoms with E-state index >= 15 is 0 Å². The number of piperazine rings is 1. The number of carbonyl (C=O) groups excluding carboxylic acids is 1. The largest absolute Gasteiger partial charge is 0.480 e. The van der Waals surface area contributed by atoms with Crippen LogP contribution in [0.15, 0.2) is 41.2 Å². The van der Waals surface area contributed by atoms with Crippen molar-refractivity contribution in [1.82, 2.24) is 14.2 Å². The molecule has 2 heterocycles. The van der Waals surface area contributed by atoms with Gasteiger partial charge in [-0.3, -0.25) is 9.69 Å². The molecular formula is C21H28N4O5S2. The Hall–Kier alpha value is -2.34. The maximum atomic E-state index is 13.6. The number of aliphatic carboxylic acids is 1. The lowest BCUT2D eigenvalue weighted by atomic mass is 9.99. The molecule has 0 saturated carbocycles. The number of anilines is 1. The van der Waals surface area contributed by atoms with Crippen LogP contribution < -0.4 is 4.90 Å². The molecule has 174 valence electrons. The van der Waals surface area contributed by atoms with Crippen LogP contribution in [0.25, 0.3) is 0 Å². The van der Waals surface area contributed by atoms with Gasteiger partial charge in [0.25, 0.3) is 0 Å². The maximum absolute atomic E-state index is 13.6. The molecule has 1 aliphatic heterocycles. The molecule has 0 bridgehead atoms. The average molecular weight is 481 g/mol. The van der Waals surface area contributed by atoms with Gasteiger partial charge in [0.2, 0.25) is 15.9 Å². The second-order valence-corrected chi connectivity index (χ2v) is 10.7. The first kappa shape index (κ1) is 24.3. The molecule has 32 heavy (non-hydrogen) atoms. The number of nitrogens with zero attached hydrogens (tertiary/aromatic N) is 4. The molecule has 0 radical (unpaired) electrons. The molecule has 1 amide bonds. The topological polar surface area (TPSA) is 111 Å². The normalized spacial score (nSPS) is 17.6. The number of hydrogen-bond acceptors (Lipinski definition) is 7. The van der Waals surface area contributed by atoms with Gasteiger partial charge in [-0.1, -0.05) is 30.3 Å². The van der Waals surface area contributed by atoms with Gasteiger partial charge in [-0.15, -0.1) is 11.3 Å². The van der Waals surface area contributed by atoms with E-state index in [4.69, 9.17) is 0 Å². The fourth-order valence-electron chi connectivity index (χ4n) is 3.68. The van der Waals surface area contributed by atoms with Crippen molar-refractivity contribution in [3.63, 3.8) is 0 Å². The van der Waals surface area contributed by atoms with E-state index in [-0.39, 0.29) is 12.2 Å². The number of carbonyl (C=O) groups is 2. The first-order valence-corrected chi connectivity index (χ1v) is 12.9. The van der Waals surface area contributed by atoms with Crippen molar-refractivity contribution in [1.29, 1.82) is 0 Å². The number of carboxylic acid groups (broad SMARTS) is 1. The summed E-state index contributed by atoms with van der Waals surface area (Å²) in [5, 5.41) is 11.2. The second-order valence-electron chi connectivity index (χ2n) is 7.94. The lowest BCUT2D eigenvalue weighted by Crippen LogP contribution is -2.51. The maximum Gasteiger partial charge on any atom is 0.326 e. The molecule has 0 spiro atoms. The summed E-state index contributed by atoms with van der Waals surface area (Å²) >= 11 is 1.24. The number of carboxylic acids is 1. The van der Waals surface area contributed by atoms with Crippen molar-refractivity contribution in [2.75, 3.05) is 43.9 Å². The predicted octanol–water partition coefficient (Wildman–Crippen LogP) is 1.39. The lowest BCUT2D eigenvalue weighted by Gasteiger charge is -2.33. The van der Waals surface area contributed by atoms with Gasteiger partial charge in [0.1, 0.15) is 11.9 Å². The zero-order valence-corrected chi connectivity index (χ0v) is 19.8. The van der Waals surface area contributed by atoms with Crippen molar-refractivity contribution in [3.05, 3.63) is 46.8 Å². The highest BCUT2D eigenvalue weighted by Crippen LogP contribution is 2.24. The van der Waals surface area contributed by atoms with Gasteiger partial charge in [-0.25, -0.2) is 18.2 Å². The van der Waals surface area contributed by atoms with Crippen LogP contribution in [0.2, 0.25) is 0 Å². The van der Waals surface area contributed by atoms with Crippen LogP contribution in [0.1, 0.15) is 12.5 Å². The Kier molecular flexibility index (Phi) is 7.99. The van der Waals surface area contributed by atoms with Gasteiger partial charge in [0.05, 0.1) is 17.2 Å². The molecular weight excluding hydrogens is 452 g/mol. The molecule has 11 heteroatoms. The number of rotatable bonds is 9. The molecule has 1 aliphatic rings. The molecule has 2 unspecified atom stereocenters. The minimum absolute atomic E-state index is 0.180. The SMILES string of the molecule is CC(C(=O)O)N(C(=O)C(Cc1ccccc1)CS(=O)(=O)N1CCN(C)CC1)c1cscn1. The van der Waals surface area contributed by atoms with Crippen LogP contribution in [0.4, 0.5) is 5.82 Å². The number of sulfonamides is 1. The minimum Gasteiger partial charge on any atom is -0.480 e. The zero-order chi connectivity index (χ0) is 23.3. The number of amides is 1. The van der Waals surface area contributed by atoms with Crippen molar-refractivity contribution in [3.8, 4) is 0 Å². The number of thiazole rings is 1. The summed E-state index contributed by atoms with van der Waals surface area (Å²) in [6.07, 6.45) is 0.180. The third kappa shape index (κ3) is 5.91. The Morgan fingerprint density at radius 2 is 1.84 bits per heavy atom. The van der Waals surface area contributed by atoms with E-state index in [1.165, 1.54) is 28.1 Å². The standard InChI is InChI=1S/C21H28N4O5S2/c1-16(21(27)28)25(19-13-31-15-22-19)20(26)18(12-17-6-4-3-5-7-17)14-32(29,30)24-10-8-23(2)9-11-24/h3-7,13,15-16,18H,8-12,14H2,1-2H3,(H,27,28). The summed E-state index contributed by atoms with van der Waals surface area (Å²) in [7, 11) is -1.79. The summed E-state index contributed by atoms with van der Waals surface area (Å²) < 4.78 is 27.9. The van der Waals surface area contributed by atoms with Crippen LogP contribution in [0.3, 0.4) is 0 Å². The Bertz CT molecular complexity index is 1010. The minimum atomic E-state index is -3.73. The molecule has 1 N–H and O–H groups in total. The van der Waals surface area contributed by atoms with Gasteiger partial charge in [-0.05, 0) is 26.0 Å². The first-order chi connectivity index (χ1) is 15.2.